The summed E-state index contributed by atoms with van der Waals surface area (Å²) in [5.74, 6) is 2.26. The van der Waals surface area contributed by atoms with E-state index in [0.717, 1.165) is 5.56 Å². The van der Waals surface area contributed by atoms with Crippen LogP contribution in [-0.4, -0.2) is 63.3 Å². The summed E-state index contributed by atoms with van der Waals surface area (Å²) in [5, 5.41) is 20.3. The van der Waals surface area contributed by atoms with E-state index in [-0.39, 0.29) is 25.6 Å². The summed E-state index contributed by atoms with van der Waals surface area (Å²) >= 11 is 6.57. The number of ether oxygens (including phenoxy) is 7. The molecule has 2 aliphatic heterocycles. The second kappa shape index (κ2) is 16.2. The molecular formula is C34H37ClN4O10. The molecule has 0 saturated carbocycles. The predicted octanol–water partition coefficient (Wildman–Crippen LogP) is 4.57. The fraction of sp³-hybridized carbons (Fsp3) is 0.324. The van der Waals surface area contributed by atoms with Crippen LogP contribution in [-0.2, 0) is 16.1 Å². The molecule has 5 rings (SSSR count). The predicted molar refractivity (Wildman–Crippen MR) is 178 cm³/mol. The minimum atomic E-state index is -1.20. The summed E-state index contributed by atoms with van der Waals surface area (Å²) in [7, 11) is 1.27. The number of nitrogens with one attached hydrogen (secondary N) is 3. The lowest BCUT2D eigenvalue weighted by Crippen LogP contribution is -2.45. The van der Waals surface area contributed by atoms with Crippen molar-refractivity contribution in [1.82, 2.24) is 16.1 Å². The molecule has 2 amide bonds. The number of aliphatic hydroxyl groups is 1. The molecule has 0 aromatic heterocycles. The van der Waals surface area contributed by atoms with Gasteiger partial charge in [-0.3, -0.25) is 5.43 Å². The second-order valence-electron chi connectivity index (χ2n) is 10.7. The standard InChI is InChI=1S/C34H37ClN4O10/c1-5-44-27-14-22(31-30(33(41)43-4)19(3)37-34(42)38-31)8-10-24(27)46-17-29(40)39-36-15-21-11-23(35)32(28(13-21)45-6-2)47-16-20-7-9-25-26(12-20)49-18-48-25/h7-15,29,31,39-40H,5-6,16-18H2,1-4H3,(H2,37,38,42)/b36-15-/t29-,31+/m0/s1. The first kappa shape index (κ1) is 35.0. The van der Waals surface area contributed by atoms with Crippen molar-refractivity contribution in [2.24, 2.45) is 5.10 Å². The lowest BCUT2D eigenvalue weighted by atomic mass is 9.95. The Morgan fingerprint density at radius 2 is 1.82 bits per heavy atom. The van der Waals surface area contributed by atoms with Gasteiger partial charge in [0.1, 0.15) is 13.2 Å². The van der Waals surface area contributed by atoms with Gasteiger partial charge in [0.25, 0.3) is 0 Å². The number of aliphatic hydroxyl groups excluding tert-OH is 1. The van der Waals surface area contributed by atoms with Crippen LogP contribution in [0.1, 0.15) is 43.5 Å². The maximum absolute atomic E-state index is 12.5. The Morgan fingerprint density at radius 1 is 1.04 bits per heavy atom. The summed E-state index contributed by atoms with van der Waals surface area (Å²) in [6.07, 6.45) is 0.276. The minimum Gasteiger partial charge on any atom is -0.490 e. The molecule has 49 heavy (non-hydrogen) atoms. The summed E-state index contributed by atoms with van der Waals surface area (Å²) in [6.45, 7) is 6.20. The molecule has 14 nitrogen and oxygen atoms in total. The van der Waals surface area contributed by atoms with E-state index in [4.69, 9.17) is 44.8 Å². The van der Waals surface area contributed by atoms with Crippen LogP contribution in [0.15, 0.2) is 64.9 Å². The van der Waals surface area contributed by atoms with Crippen molar-refractivity contribution in [3.63, 3.8) is 0 Å². The zero-order chi connectivity index (χ0) is 34.9. The number of nitrogens with zero attached hydrogens (tertiary/aromatic N) is 1. The molecule has 0 unspecified atom stereocenters. The van der Waals surface area contributed by atoms with Crippen LogP contribution in [0.2, 0.25) is 5.02 Å². The van der Waals surface area contributed by atoms with E-state index < -0.39 is 24.3 Å². The Hall–Kier alpha value is -5.34. The molecule has 0 saturated heterocycles. The van der Waals surface area contributed by atoms with Gasteiger partial charge in [-0.2, -0.15) is 5.10 Å². The summed E-state index contributed by atoms with van der Waals surface area (Å²) in [4.78, 5) is 24.7. The first-order valence-electron chi connectivity index (χ1n) is 15.4. The van der Waals surface area contributed by atoms with Crippen LogP contribution in [0.5, 0.6) is 34.5 Å². The highest BCUT2D eigenvalue weighted by molar-refractivity contribution is 6.32. The number of benzene rings is 3. The first-order chi connectivity index (χ1) is 23.7. The van der Waals surface area contributed by atoms with Crippen LogP contribution in [0.3, 0.4) is 0 Å². The first-order valence-corrected chi connectivity index (χ1v) is 15.8. The van der Waals surface area contributed by atoms with E-state index >= 15 is 0 Å². The van der Waals surface area contributed by atoms with Gasteiger partial charge in [0.05, 0.1) is 43.2 Å². The van der Waals surface area contributed by atoms with Gasteiger partial charge in [-0.25, -0.2) is 9.59 Å². The highest BCUT2D eigenvalue weighted by atomic mass is 35.5. The number of hydrogen-bond donors (Lipinski definition) is 4. The average molecular weight is 697 g/mol. The maximum atomic E-state index is 12.5. The smallest absolute Gasteiger partial charge is 0.337 e. The number of carbonyl (C=O) groups excluding carboxylic acids is 2. The van der Waals surface area contributed by atoms with Crippen molar-refractivity contribution in [2.75, 3.05) is 33.7 Å². The van der Waals surface area contributed by atoms with Crippen molar-refractivity contribution in [2.45, 2.75) is 39.6 Å². The van der Waals surface area contributed by atoms with Crippen LogP contribution < -0.4 is 44.5 Å². The fourth-order valence-electron chi connectivity index (χ4n) is 5.07. The molecule has 3 aromatic carbocycles. The zero-order valence-electron chi connectivity index (χ0n) is 27.3. The SMILES string of the molecule is CCOc1cc([C@H]2NC(=O)NC(C)=C2C(=O)OC)ccc1OC[C@H](O)N/N=C\c1cc(Cl)c(OCc2ccc3c(c2)OCO3)c(OCC)c1. The number of urea groups is 1. The van der Waals surface area contributed by atoms with Gasteiger partial charge in [-0.1, -0.05) is 23.7 Å². The monoisotopic (exact) mass is 696 g/mol. The number of methoxy groups -OCH3 is 1. The van der Waals surface area contributed by atoms with Gasteiger partial charge in [-0.05, 0) is 73.9 Å². The second-order valence-corrected chi connectivity index (χ2v) is 11.1. The molecule has 4 N–H and O–H groups in total. The molecule has 0 aliphatic carbocycles. The van der Waals surface area contributed by atoms with Gasteiger partial charge >= 0.3 is 12.0 Å². The van der Waals surface area contributed by atoms with E-state index in [1.165, 1.54) is 13.3 Å². The van der Waals surface area contributed by atoms with Crippen molar-refractivity contribution >= 4 is 29.8 Å². The Labute approximate surface area is 287 Å². The molecule has 3 aromatic rings. The number of hydrazone groups is 1. The molecule has 0 bridgehead atoms. The van der Waals surface area contributed by atoms with Gasteiger partial charge in [0, 0.05) is 5.70 Å². The highest BCUT2D eigenvalue weighted by Crippen LogP contribution is 2.38. The van der Waals surface area contributed by atoms with Crippen LogP contribution in [0, 0.1) is 0 Å². The Bertz CT molecular complexity index is 1750. The number of carbonyl (C=O) groups is 2. The third-order valence-electron chi connectivity index (χ3n) is 7.26. The van der Waals surface area contributed by atoms with Crippen LogP contribution >= 0.6 is 11.6 Å². The fourth-order valence-corrected chi connectivity index (χ4v) is 5.35. The molecule has 2 atom stereocenters. The molecule has 260 valence electrons. The third kappa shape index (κ3) is 8.58. The number of halogens is 1. The number of fused-ring (bicyclic) bond motifs is 1. The Morgan fingerprint density at radius 3 is 2.59 bits per heavy atom. The van der Waals surface area contributed by atoms with Crippen molar-refractivity contribution in [1.29, 1.82) is 0 Å². The number of hydrogen-bond acceptors (Lipinski definition) is 12. The van der Waals surface area contributed by atoms with E-state index in [1.54, 1.807) is 44.2 Å². The number of rotatable bonds is 15. The molecule has 0 spiro atoms. The van der Waals surface area contributed by atoms with Gasteiger partial charge in [0.2, 0.25) is 6.79 Å². The number of allylic oxidation sites excluding steroid dienone is 1. The quantitative estimate of drug-likeness (QED) is 0.0761. The van der Waals surface area contributed by atoms with Gasteiger partial charge in [-0.15, -0.1) is 0 Å². The van der Waals surface area contributed by atoms with Crippen molar-refractivity contribution in [3.8, 4) is 34.5 Å². The lowest BCUT2D eigenvalue weighted by molar-refractivity contribution is -0.136. The van der Waals surface area contributed by atoms with Crippen LogP contribution in [0.4, 0.5) is 4.79 Å². The molecule has 0 radical (unpaired) electrons. The molecule has 2 aliphatic rings. The Kier molecular flexibility index (Phi) is 11.5. The molecular weight excluding hydrogens is 660 g/mol. The number of esters is 1. The van der Waals surface area contributed by atoms with Gasteiger partial charge in [0.15, 0.2) is 40.7 Å². The van der Waals surface area contributed by atoms with Gasteiger partial charge < -0.3 is 48.9 Å². The van der Waals surface area contributed by atoms with E-state index in [0.29, 0.717) is 69.6 Å². The highest BCUT2D eigenvalue weighted by Gasteiger charge is 2.32. The topological polar surface area (TPSA) is 167 Å². The van der Waals surface area contributed by atoms with Crippen molar-refractivity contribution in [3.05, 3.63) is 81.5 Å². The largest absolute Gasteiger partial charge is 0.490 e. The summed E-state index contributed by atoms with van der Waals surface area (Å²) in [6, 6.07) is 12.7. The van der Waals surface area contributed by atoms with E-state index in [1.807, 2.05) is 25.1 Å². The summed E-state index contributed by atoms with van der Waals surface area (Å²) < 4.78 is 39.1. The normalized spacial score (nSPS) is 15.7. The van der Waals surface area contributed by atoms with Crippen molar-refractivity contribution < 1.29 is 47.9 Å². The summed E-state index contributed by atoms with van der Waals surface area (Å²) in [5.41, 5.74) is 5.29. The van der Waals surface area contributed by atoms with E-state index in [9.17, 15) is 14.7 Å². The Balaban J connectivity index is 1.21. The van der Waals surface area contributed by atoms with E-state index in [2.05, 4.69) is 21.2 Å². The lowest BCUT2D eigenvalue weighted by Gasteiger charge is -2.28. The minimum absolute atomic E-state index is 0.186. The molecule has 15 heteroatoms. The zero-order valence-corrected chi connectivity index (χ0v) is 28.1. The maximum Gasteiger partial charge on any atom is 0.337 e. The molecule has 2 heterocycles. The number of amides is 2. The average Bonchev–Trinajstić information content (AvgIpc) is 3.55. The van der Waals surface area contributed by atoms with Crippen LogP contribution in [0.25, 0.3) is 0 Å². The third-order valence-corrected chi connectivity index (χ3v) is 7.54. The molecule has 0 fully saturated rings.